The molecule has 1 aromatic heterocycles. The molecule has 0 radical (unpaired) electrons. The molecule has 9 heteroatoms. The van der Waals surface area contributed by atoms with Crippen LogP contribution in [0.3, 0.4) is 0 Å². The van der Waals surface area contributed by atoms with E-state index in [9.17, 15) is 19.3 Å². The number of phosphoric acid groups is 1. The van der Waals surface area contributed by atoms with Crippen molar-refractivity contribution in [3.63, 3.8) is 0 Å². The fourth-order valence-corrected chi connectivity index (χ4v) is 1.36. The zero-order valence-corrected chi connectivity index (χ0v) is 9.20. The molecule has 1 aromatic rings. The largest absolute Gasteiger partial charge is 0.505 e. The van der Waals surface area contributed by atoms with Crippen molar-refractivity contribution in [2.24, 2.45) is 0 Å². The van der Waals surface area contributed by atoms with E-state index in [-0.39, 0.29) is 29.4 Å². The van der Waals surface area contributed by atoms with Gasteiger partial charge in [0.25, 0.3) is 0 Å². The van der Waals surface area contributed by atoms with E-state index in [0.717, 1.165) is 6.20 Å². The summed E-state index contributed by atoms with van der Waals surface area (Å²) < 4.78 is 14.6. The van der Waals surface area contributed by atoms with Crippen LogP contribution in [0.15, 0.2) is 6.20 Å². The Morgan fingerprint density at radius 1 is 1.35 bits per heavy atom. The lowest BCUT2D eigenvalue weighted by atomic mass is 10.1. The summed E-state index contributed by atoms with van der Waals surface area (Å²) in [6, 6.07) is 0. The zero-order valence-electron chi connectivity index (χ0n) is 8.31. The van der Waals surface area contributed by atoms with Crippen LogP contribution in [0.4, 0.5) is 0 Å². The van der Waals surface area contributed by atoms with E-state index in [2.05, 4.69) is 9.51 Å². The third-order valence-corrected chi connectivity index (χ3v) is 2.29. The van der Waals surface area contributed by atoms with Gasteiger partial charge in [0, 0.05) is 11.8 Å². The van der Waals surface area contributed by atoms with Gasteiger partial charge in [0.1, 0.15) is 5.69 Å². The second-order valence-corrected chi connectivity index (χ2v) is 4.17. The lowest BCUT2D eigenvalue weighted by Gasteiger charge is -2.08. The molecule has 0 saturated heterocycles. The Morgan fingerprint density at radius 3 is 2.47 bits per heavy atom. The van der Waals surface area contributed by atoms with Crippen molar-refractivity contribution in [3.8, 4) is 5.75 Å². The van der Waals surface area contributed by atoms with Gasteiger partial charge >= 0.3 is 7.82 Å². The molecule has 0 fully saturated rings. The summed E-state index contributed by atoms with van der Waals surface area (Å²) in [5, 5.41) is 9.42. The summed E-state index contributed by atoms with van der Waals surface area (Å²) in [7, 11) is -4.69. The smallest absolute Gasteiger partial charge is 0.469 e. The van der Waals surface area contributed by atoms with E-state index in [1.165, 1.54) is 0 Å². The van der Waals surface area contributed by atoms with E-state index in [4.69, 9.17) is 9.79 Å². The number of carbonyl (C=O) groups is 2. The molecule has 0 atom stereocenters. The number of aromatic hydroxyl groups is 1. The summed E-state index contributed by atoms with van der Waals surface area (Å²) >= 11 is 0. The molecule has 0 saturated carbocycles. The summed E-state index contributed by atoms with van der Waals surface area (Å²) in [5.41, 5.74) is -0.672. The van der Waals surface area contributed by atoms with Gasteiger partial charge in [-0.1, -0.05) is 0 Å². The number of rotatable bonds is 5. The lowest BCUT2D eigenvalue weighted by Crippen LogP contribution is -2.01. The first kappa shape index (κ1) is 13.5. The average Bonchev–Trinajstić information content (AvgIpc) is 2.25. The number of hydrogen-bond acceptors (Lipinski definition) is 6. The molecule has 1 rings (SSSR count). The highest BCUT2D eigenvalue weighted by Crippen LogP contribution is 2.37. The highest BCUT2D eigenvalue weighted by molar-refractivity contribution is 7.46. The van der Waals surface area contributed by atoms with Crippen molar-refractivity contribution in [1.29, 1.82) is 0 Å². The third-order valence-electron chi connectivity index (χ3n) is 1.82. The monoisotopic (exact) mass is 261 g/mol. The van der Waals surface area contributed by atoms with Crippen LogP contribution in [0.25, 0.3) is 0 Å². The molecule has 0 aliphatic heterocycles. The predicted octanol–water partition coefficient (Wildman–Crippen LogP) is 0.0215. The van der Waals surface area contributed by atoms with Gasteiger partial charge in [-0.3, -0.25) is 14.1 Å². The van der Waals surface area contributed by atoms with Crippen molar-refractivity contribution < 1.29 is 33.6 Å². The Balaban J connectivity index is 3.09. The van der Waals surface area contributed by atoms with Crippen molar-refractivity contribution in [2.45, 2.75) is 6.61 Å². The minimum absolute atomic E-state index is 0.0357. The van der Waals surface area contributed by atoms with Crippen LogP contribution < -0.4 is 0 Å². The van der Waals surface area contributed by atoms with Gasteiger partial charge in [-0.2, -0.15) is 0 Å². The van der Waals surface area contributed by atoms with Crippen LogP contribution in [-0.4, -0.2) is 32.4 Å². The maximum Gasteiger partial charge on any atom is 0.469 e. The van der Waals surface area contributed by atoms with Crippen molar-refractivity contribution in [2.75, 3.05) is 0 Å². The molecule has 1 heterocycles. The lowest BCUT2D eigenvalue weighted by molar-refractivity contribution is 0.111. The molecular weight excluding hydrogens is 253 g/mol. The molecule has 0 spiro atoms. The van der Waals surface area contributed by atoms with E-state index < -0.39 is 20.2 Å². The quantitative estimate of drug-likeness (QED) is 0.498. The molecule has 92 valence electrons. The second-order valence-electron chi connectivity index (χ2n) is 2.93. The van der Waals surface area contributed by atoms with Crippen LogP contribution in [0.5, 0.6) is 5.75 Å². The zero-order chi connectivity index (χ0) is 13.1. The van der Waals surface area contributed by atoms with Crippen molar-refractivity contribution in [3.05, 3.63) is 23.0 Å². The maximum atomic E-state index is 10.7. The van der Waals surface area contributed by atoms with Crippen molar-refractivity contribution >= 4 is 20.4 Å². The normalized spacial score (nSPS) is 11.2. The van der Waals surface area contributed by atoms with Gasteiger partial charge in [0.2, 0.25) is 0 Å². The highest BCUT2D eigenvalue weighted by Gasteiger charge is 2.18. The minimum atomic E-state index is -4.69. The molecule has 0 unspecified atom stereocenters. The Kier molecular flexibility index (Phi) is 4.08. The summed E-state index contributed by atoms with van der Waals surface area (Å²) in [5.74, 6) is -0.651. The first-order valence-electron chi connectivity index (χ1n) is 4.20. The fourth-order valence-electron chi connectivity index (χ4n) is 1.05. The first-order chi connectivity index (χ1) is 7.89. The van der Waals surface area contributed by atoms with Crippen LogP contribution >= 0.6 is 7.82 Å². The van der Waals surface area contributed by atoms with Gasteiger partial charge in [0.05, 0.1) is 12.2 Å². The number of aromatic nitrogens is 1. The Morgan fingerprint density at radius 2 is 2.00 bits per heavy atom. The van der Waals surface area contributed by atoms with Crippen LogP contribution in [0.2, 0.25) is 0 Å². The molecule has 0 amide bonds. The fraction of sp³-hybridized carbons (Fsp3) is 0.125. The van der Waals surface area contributed by atoms with E-state index >= 15 is 0 Å². The average molecular weight is 261 g/mol. The van der Waals surface area contributed by atoms with Gasteiger partial charge in [-0.05, 0) is 0 Å². The molecule has 0 aliphatic carbocycles. The number of phosphoric ester groups is 1. The van der Waals surface area contributed by atoms with Gasteiger partial charge in [0.15, 0.2) is 18.3 Å². The number of pyridine rings is 1. The third kappa shape index (κ3) is 3.43. The molecule has 3 N–H and O–H groups in total. The van der Waals surface area contributed by atoms with E-state index in [1.807, 2.05) is 0 Å². The molecule has 17 heavy (non-hydrogen) atoms. The molecule has 0 aromatic carbocycles. The second kappa shape index (κ2) is 5.15. The SMILES string of the molecule is O=Cc1ncc(COP(=O)(O)O)c(C=O)c1O. The Hall–Kier alpha value is -1.60. The minimum Gasteiger partial charge on any atom is -0.505 e. The summed E-state index contributed by atoms with van der Waals surface area (Å²) in [6.07, 6.45) is 1.50. The standard InChI is InChI=1S/C8H8NO7P/c10-2-6-5(4-16-17(13,14)15)1-9-7(3-11)8(6)12/h1-3,12H,4H2,(H2,13,14,15). The van der Waals surface area contributed by atoms with Crippen LogP contribution in [-0.2, 0) is 15.7 Å². The highest BCUT2D eigenvalue weighted by atomic mass is 31.2. The Labute approximate surface area is 95.1 Å². The molecule has 0 bridgehead atoms. The van der Waals surface area contributed by atoms with E-state index in [1.54, 1.807) is 0 Å². The van der Waals surface area contributed by atoms with E-state index in [0.29, 0.717) is 0 Å². The van der Waals surface area contributed by atoms with Gasteiger partial charge < -0.3 is 14.9 Å². The maximum absolute atomic E-state index is 10.7. The topological polar surface area (TPSA) is 134 Å². The summed E-state index contributed by atoms with van der Waals surface area (Å²) in [6.45, 7) is -0.613. The number of nitrogens with zero attached hydrogens (tertiary/aromatic N) is 1. The van der Waals surface area contributed by atoms with Crippen LogP contribution in [0, 0.1) is 0 Å². The number of aldehydes is 2. The summed E-state index contributed by atoms with van der Waals surface area (Å²) in [4.78, 5) is 41.6. The molecule has 0 aliphatic rings. The first-order valence-corrected chi connectivity index (χ1v) is 5.73. The number of carbonyl (C=O) groups excluding carboxylic acids is 2. The van der Waals surface area contributed by atoms with Gasteiger partial charge in [-0.25, -0.2) is 9.55 Å². The van der Waals surface area contributed by atoms with Gasteiger partial charge in [-0.15, -0.1) is 0 Å². The van der Waals surface area contributed by atoms with Crippen molar-refractivity contribution in [1.82, 2.24) is 4.98 Å². The van der Waals surface area contributed by atoms with Crippen LogP contribution in [0.1, 0.15) is 26.4 Å². The Bertz CT molecular complexity index is 495. The molecular formula is C8H8NO7P. The molecule has 8 nitrogen and oxygen atoms in total. The number of hydrogen-bond donors (Lipinski definition) is 3. The predicted molar refractivity (Wildman–Crippen MR) is 53.5 cm³/mol.